The molecule has 0 radical (unpaired) electrons. The third-order valence-electron chi connectivity index (χ3n) is 3.38. The summed E-state index contributed by atoms with van der Waals surface area (Å²) in [7, 11) is 0. The monoisotopic (exact) mass is 328 g/mol. The summed E-state index contributed by atoms with van der Waals surface area (Å²) in [5, 5.41) is 12.6. The lowest BCUT2D eigenvalue weighted by Gasteiger charge is -2.11. The number of fused-ring (bicyclic) bond motifs is 1. The lowest BCUT2D eigenvalue weighted by atomic mass is 10.0. The van der Waals surface area contributed by atoms with Crippen LogP contribution < -0.4 is 5.11 Å². The number of carboxylic acid groups (broad SMARTS) is 1. The second-order valence-electron chi connectivity index (χ2n) is 4.73. The van der Waals surface area contributed by atoms with Gasteiger partial charge in [-0.3, -0.25) is 0 Å². The van der Waals surface area contributed by atoms with Crippen molar-refractivity contribution in [2.75, 3.05) is 6.26 Å². The van der Waals surface area contributed by atoms with E-state index in [1.54, 1.807) is 36.0 Å². The fourth-order valence-corrected chi connectivity index (χ4v) is 2.83. The zero-order valence-corrected chi connectivity index (χ0v) is 13.2. The Bertz CT molecular complexity index is 862. The van der Waals surface area contributed by atoms with Crippen LogP contribution in [0.15, 0.2) is 53.4 Å². The fraction of sp³-hybridized carbons (Fsp3) is 0.0588. The third-order valence-corrected chi connectivity index (χ3v) is 4.35. The summed E-state index contributed by atoms with van der Waals surface area (Å²) in [6, 6.07) is 14.2. The third kappa shape index (κ3) is 2.80. The van der Waals surface area contributed by atoms with Crippen molar-refractivity contribution in [1.29, 1.82) is 0 Å². The molecule has 0 amide bonds. The Hall–Kier alpha value is -2.04. The molecule has 22 heavy (non-hydrogen) atoms. The van der Waals surface area contributed by atoms with Gasteiger partial charge in [-0.2, -0.15) is 0 Å². The maximum absolute atomic E-state index is 11.4. The van der Waals surface area contributed by atoms with Crippen molar-refractivity contribution < 1.29 is 9.90 Å². The minimum Gasteiger partial charge on any atom is -0.545 e. The molecule has 0 bridgehead atoms. The summed E-state index contributed by atoms with van der Waals surface area (Å²) >= 11 is 7.47. The Kier molecular flexibility index (Phi) is 4.05. The van der Waals surface area contributed by atoms with Crippen LogP contribution in [0.2, 0.25) is 5.02 Å². The van der Waals surface area contributed by atoms with Gasteiger partial charge in [-0.1, -0.05) is 29.8 Å². The van der Waals surface area contributed by atoms with Gasteiger partial charge in [0.2, 0.25) is 0 Å². The quantitative estimate of drug-likeness (QED) is 0.689. The van der Waals surface area contributed by atoms with E-state index in [9.17, 15) is 9.90 Å². The van der Waals surface area contributed by atoms with E-state index in [0.717, 1.165) is 10.5 Å². The van der Waals surface area contributed by atoms with Gasteiger partial charge in [0.25, 0.3) is 0 Å². The number of halogens is 1. The molecule has 1 aromatic heterocycles. The molecule has 1 heterocycles. The Balaban J connectivity index is 2.26. The Morgan fingerprint density at radius 2 is 1.86 bits per heavy atom. The number of rotatable bonds is 3. The van der Waals surface area contributed by atoms with E-state index in [4.69, 9.17) is 11.6 Å². The number of nitrogens with zero attached hydrogens (tertiary/aromatic N) is 1. The molecule has 3 aromatic rings. The number of pyridine rings is 1. The largest absolute Gasteiger partial charge is 0.545 e. The van der Waals surface area contributed by atoms with Crippen LogP contribution in [0.1, 0.15) is 10.4 Å². The van der Waals surface area contributed by atoms with E-state index in [0.29, 0.717) is 21.6 Å². The zero-order chi connectivity index (χ0) is 15.7. The highest BCUT2D eigenvalue weighted by molar-refractivity contribution is 7.98. The summed E-state index contributed by atoms with van der Waals surface area (Å²) in [5.74, 6) is -1.21. The molecular formula is C17H11ClNO2S-. The van der Waals surface area contributed by atoms with Gasteiger partial charge in [0, 0.05) is 26.4 Å². The van der Waals surface area contributed by atoms with Crippen molar-refractivity contribution >= 4 is 40.2 Å². The molecule has 5 heteroatoms. The van der Waals surface area contributed by atoms with E-state index in [2.05, 4.69) is 4.98 Å². The summed E-state index contributed by atoms with van der Waals surface area (Å²) < 4.78 is 0. The molecule has 0 aliphatic carbocycles. The van der Waals surface area contributed by atoms with Gasteiger partial charge < -0.3 is 9.90 Å². The van der Waals surface area contributed by atoms with Crippen molar-refractivity contribution in [3.63, 3.8) is 0 Å². The summed E-state index contributed by atoms with van der Waals surface area (Å²) in [6.07, 6.45) is 1.96. The number of aromatic nitrogens is 1. The molecule has 3 nitrogen and oxygen atoms in total. The molecule has 0 spiro atoms. The number of aromatic carboxylic acids is 1. The number of hydrogen-bond donors (Lipinski definition) is 0. The van der Waals surface area contributed by atoms with Gasteiger partial charge >= 0.3 is 0 Å². The SMILES string of the molecule is CSc1ccc2c(C(=O)[O-])cc(-c3ccc(Cl)cc3)nc2c1. The predicted molar refractivity (Wildman–Crippen MR) is 88.3 cm³/mol. The van der Waals surface area contributed by atoms with Crippen molar-refractivity contribution in [2.24, 2.45) is 0 Å². The number of carboxylic acids is 1. The minimum atomic E-state index is -1.21. The van der Waals surface area contributed by atoms with Crippen molar-refractivity contribution in [3.8, 4) is 11.3 Å². The van der Waals surface area contributed by atoms with Gasteiger partial charge in [-0.25, -0.2) is 4.98 Å². The fourth-order valence-electron chi connectivity index (χ4n) is 2.27. The van der Waals surface area contributed by atoms with Gasteiger partial charge in [0.05, 0.1) is 17.2 Å². The summed E-state index contributed by atoms with van der Waals surface area (Å²) in [4.78, 5) is 17.0. The summed E-state index contributed by atoms with van der Waals surface area (Å²) in [5.41, 5.74) is 2.17. The van der Waals surface area contributed by atoms with Crippen LogP contribution in [-0.4, -0.2) is 17.2 Å². The normalized spacial score (nSPS) is 10.8. The average molecular weight is 329 g/mol. The van der Waals surface area contributed by atoms with Gasteiger partial charge in [-0.05, 0) is 36.6 Å². The van der Waals surface area contributed by atoms with Crippen molar-refractivity contribution in [2.45, 2.75) is 4.90 Å². The molecule has 0 aliphatic heterocycles. The molecule has 2 aromatic carbocycles. The van der Waals surface area contributed by atoms with Gasteiger partial charge in [0.1, 0.15) is 0 Å². The maximum Gasteiger partial charge on any atom is 0.0727 e. The average Bonchev–Trinajstić information content (AvgIpc) is 2.53. The Morgan fingerprint density at radius 1 is 1.14 bits per heavy atom. The molecule has 0 saturated carbocycles. The minimum absolute atomic E-state index is 0.141. The second kappa shape index (κ2) is 5.99. The van der Waals surface area contributed by atoms with E-state index in [1.807, 2.05) is 30.5 Å². The maximum atomic E-state index is 11.4. The summed E-state index contributed by atoms with van der Waals surface area (Å²) in [6.45, 7) is 0. The first-order valence-corrected chi connectivity index (χ1v) is 8.15. The molecule has 3 rings (SSSR count). The van der Waals surface area contributed by atoms with E-state index in [1.165, 1.54) is 0 Å². The van der Waals surface area contributed by atoms with E-state index in [-0.39, 0.29) is 5.56 Å². The van der Waals surface area contributed by atoms with Crippen LogP contribution in [-0.2, 0) is 0 Å². The van der Waals surface area contributed by atoms with Gasteiger partial charge in [-0.15, -0.1) is 11.8 Å². The Morgan fingerprint density at radius 3 is 2.50 bits per heavy atom. The van der Waals surface area contributed by atoms with Crippen LogP contribution >= 0.6 is 23.4 Å². The number of carbonyl (C=O) groups excluding carboxylic acids is 1. The van der Waals surface area contributed by atoms with Crippen LogP contribution in [0.25, 0.3) is 22.2 Å². The van der Waals surface area contributed by atoms with Gasteiger partial charge in [0.15, 0.2) is 0 Å². The molecule has 0 aliphatic rings. The van der Waals surface area contributed by atoms with Crippen LogP contribution in [0.3, 0.4) is 0 Å². The zero-order valence-electron chi connectivity index (χ0n) is 11.7. The Labute approximate surface area is 137 Å². The lowest BCUT2D eigenvalue weighted by Crippen LogP contribution is -2.22. The lowest BCUT2D eigenvalue weighted by molar-refractivity contribution is -0.254. The molecule has 110 valence electrons. The second-order valence-corrected chi connectivity index (χ2v) is 6.05. The molecule has 0 N–H and O–H groups in total. The highest BCUT2D eigenvalue weighted by Crippen LogP contribution is 2.28. The first kappa shape index (κ1) is 14.9. The molecule has 0 unspecified atom stereocenters. The van der Waals surface area contributed by atoms with Crippen LogP contribution in [0, 0.1) is 0 Å². The molecule has 0 saturated heterocycles. The highest BCUT2D eigenvalue weighted by Gasteiger charge is 2.09. The van der Waals surface area contributed by atoms with Crippen LogP contribution in [0.4, 0.5) is 0 Å². The van der Waals surface area contributed by atoms with Crippen molar-refractivity contribution in [3.05, 3.63) is 59.1 Å². The number of thioether (sulfide) groups is 1. The molecule has 0 fully saturated rings. The van der Waals surface area contributed by atoms with Crippen LogP contribution in [0.5, 0.6) is 0 Å². The van der Waals surface area contributed by atoms with E-state index < -0.39 is 5.97 Å². The molecular weight excluding hydrogens is 318 g/mol. The van der Waals surface area contributed by atoms with Crippen molar-refractivity contribution in [1.82, 2.24) is 4.98 Å². The number of benzene rings is 2. The first-order valence-electron chi connectivity index (χ1n) is 6.54. The topological polar surface area (TPSA) is 53.0 Å². The first-order chi connectivity index (χ1) is 10.6. The number of carbonyl (C=O) groups is 1. The predicted octanol–water partition coefficient (Wildman–Crippen LogP) is 3.64. The van der Waals surface area contributed by atoms with E-state index >= 15 is 0 Å². The highest BCUT2D eigenvalue weighted by atomic mass is 35.5. The molecule has 0 atom stereocenters. The standard InChI is InChI=1S/C17H12ClNO2S/c1-22-12-6-7-13-14(17(20)21)9-15(19-16(13)8-12)10-2-4-11(18)5-3-10/h2-9H,1H3,(H,20,21)/p-1. The smallest absolute Gasteiger partial charge is 0.0727 e. The number of hydrogen-bond acceptors (Lipinski definition) is 4.